The number of halogens is 2. The minimum Gasteiger partial charge on any atom is -0.318 e. The smallest absolute Gasteiger partial charge is 0.270 e. The highest BCUT2D eigenvalue weighted by molar-refractivity contribution is 5.21. The first kappa shape index (κ1) is 10.1. The molecule has 2 rings (SSSR count). The average Bonchev–Trinajstić information content (AvgIpc) is 2.60. The minimum absolute atomic E-state index is 0.00644. The summed E-state index contributed by atoms with van der Waals surface area (Å²) in [5.74, 6) is 0. The lowest BCUT2D eigenvalue weighted by molar-refractivity contribution is 0.193. The highest BCUT2D eigenvalue weighted by Crippen LogP contribution is 2.42. The molecule has 2 saturated heterocycles. The monoisotopic (exact) mass is 202 g/mol. The third kappa shape index (κ3) is 1.46. The van der Waals surface area contributed by atoms with Crippen LogP contribution in [-0.2, 0) is 0 Å². The van der Waals surface area contributed by atoms with Crippen molar-refractivity contribution in [3.8, 4) is 0 Å². The van der Waals surface area contributed by atoms with Gasteiger partial charge in [-0.05, 0) is 32.9 Å². The van der Waals surface area contributed by atoms with E-state index >= 15 is 0 Å². The normalized spacial score (nSPS) is 32.4. The van der Waals surface area contributed by atoms with Gasteiger partial charge in [-0.25, -0.2) is 0 Å². The molecule has 14 heavy (non-hydrogen) atoms. The molecule has 2 fully saturated rings. The van der Waals surface area contributed by atoms with Crippen LogP contribution in [0.15, 0.2) is 11.7 Å². The second-order valence-electron chi connectivity index (χ2n) is 4.32. The van der Waals surface area contributed by atoms with Gasteiger partial charge in [-0.1, -0.05) is 0 Å². The number of hydrogen-bond donors (Lipinski definition) is 1. The van der Waals surface area contributed by atoms with Crippen molar-refractivity contribution >= 4 is 0 Å². The highest BCUT2D eigenvalue weighted by Gasteiger charge is 2.46. The topological polar surface area (TPSA) is 15.3 Å². The Hall–Kier alpha value is -0.480. The van der Waals surface area contributed by atoms with Crippen LogP contribution in [-0.4, -0.2) is 37.1 Å². The van der Waals surface area contributed by atoms with Crippen molar-refractivity contribution in [3.05, 3.63) is 11.7 Å². The Balaban J connectivity index is 2.19. The van der Waals surface area contributed by atoms with Crippen LogP contribution in [0.5, 0.6) is 0 Å². The Kier molecular flexibility index (Phi) is 2.58. The first-order valence-corrected chi connectivity index (χ1v) is 5.11. The average molecular weight is 202 g/mol. The molecule has 0 aliphatic carbocycles. The summed E-state index contributed by atoms with van der Waals surface area (Å²) < 4.78 is 25.0. The van der Waals surface area contributed by atoms with Gasteiger partial charge in [0.2, 0.25) is 0 Å². The van der Waals surface area contributed by atoms with Crippen molar-refractivity contribution in [3.63, 3.8) is 0 Å². The zero-order valence-corrected chi connectivity index (χ0v) is 8.45. The van der Waals surface area contributed by atoms with Gasteiger partial charge in [0.25, 0.3) is 6.08 Å². The Morgan fingerprint density at radius 2 is 2.36 bits per heavy atom. The zero-order valence-electron chi connectivity index (χ0n) is 8.45. The van der Waals surface area contributed by atoms with Crippen LogP contribution in [0.1, 0.15) is 19.3 Å². The van der Waals surface area contributed by atoms with Crippen molar-refractivity contribution in [1.82, 2.24) is 10.2 Å². The number of hydrogen-bond acceptors (Lipinski definition) is 2. The maximum Gasteiger partial charge on any atom is 0.270 e. The zero-order chi connectivity index (χ0) is 10.2. The molecule has 1 atom stereocenters. The molecule has 2 heterocycles. The van der Waals surface area contributed by atoms with Crippen LogP contribution < -0.4 is 5.32 Å². The van der Waals surface area contributed by atoms with Gasteiger partial charge < -0.3 is 5.32 Å². The molecule has 4 heteroatoms. The summed E-state index contributed by atoms with van der Waals surface area (Å²) in [5, 5.41) is 3.12. The highest BCUT2D eigenvalue weighted by atomic mass is 19.3. The predicted molar refractivity (Wildman–Crippen MR) is 51.3 cm³/mol. The number of nitrogens with one attached hydrogen (secondary N) is 1. The molecule has 0 bridgehead atoms. The Morgan fingerprint density at radius 3 is 3.00 bits per heavy atom. The van der Waals surface area contributed by atoms with Crippen molar-refractivity contribution in [2.75, 3.05) is 26.7 Å². The fraction of sp³-hybridized carbons (Fsp3) is 0.800. The first-order valence-electron chi connectivity index (χ1n) is 5.11. The van der Waals surface area contributed by atoms with E-state index in [2.05, 4.69) is 10.2 Å². The molecule has 2 aliphatic rings. The van der Waals surface area contributed by atoms with Gasteiger partial charge in [0.15, 0.2) is 0 Å². The lowest BCUT2D eigenvalue weighted by Gasteiger charge is -2.31. The van der Waals surface area contributed by atoms with Crippen molar-refractivity contribution < 1.29 is 8.78 Å². The standard InChI is InChI=1S/C10H16F2N2/c1-13-7-10-3-2-4-14(10)6-8(5-10)9(11)12/h13H,2-7H2,1H3. The molecule has 0 aromatic heterocycles. The van der Waals surface area contributed by atoms with Gasteiger partial charge in [0.05, 0.1) is 0 Å². The molecule has 1 N–H and O–H groups in total. The summed E-state index contributed by atoms with van der Waals surface area (Å²) in [6.45, 7) is 2.27. The summed E-state index contributed by atoms with van der Waals surface area (Å²) in [7, 11) is 1.89. The van der Waals surface area contributed by atoms with E-state index < -0.39 is 6.08 Å². The quantitative estimate of drug-likeness (QED) is 0.731. The van der Waals surface area contributed by atoms with E-state index in [0.717, 1.165) is 25.9 Å². The van der Waals surface area contributed by atoms with Crippen LogP contribution in [0.3, 0.4) is 0 Å². The summed E-state index contributed by atoms with van der Waals surface area (Å²) in [6.07, 6.45) is 1.28. The molecule has 0 radical (unpaired) electrons. The van der Waals surface area contributed by atoms with Crippen molar-refractivity contribution in [2.24, 2.45) is 0 Å². The second-order valence-corrected chi connectivity index (χ2v) is 4.32. The molecule has 0 spiro atoms. The van der Waals surface area contributed by atoms with E-state index in [0.29, 0.717) is 18.5 Å². The van der Waals surface area contributed by atoms with Gasteiger partial charge >= 0.3 is 0 Å². The molecule has 0 aromatic rings. The summed E-state index contributed by atoms with van der Waals surface area (Å²) in [5.41, 5.74) is 0.341. The molecular formula is C10H16F2N2. The molecular weight excluding hydrogens is 186 g/mol. The molecule has 1 unspecified atom stereocenters. The van der Waals surface area contributed by atoms with E-state index in [9.17, 15) is 8.78 Å². The fourth-order valence-corrected chi connectivity index (χ4v) is 2.84. The molecule has 2 aliphatic heterocycles. The minimum atomic E-state index is -1.46. The first-order chi connectivity index (χ1) is 6.68. The molecule has 0 aromatic carbocycles. The molecule has 80 valence electrons. The molecule has 0 saturated carbocycles. The van der Waals surface area contributed by atoms with Gasteiger partial charge in [-0.2, -0.15) is 8.78 Å². The van der Waals surface area contributed by atoms with E-state index in [1.807, 2.05) is 7.05 Å². The van der Waals surface area contributed by atoms with Crippen LogP contribution >= 0.6 is 0 Å². The number of fused-ring (bicyclic) bond motifs is 1. The fourth-order valence-electron chi connectivity index (χ4n) is 2.84. The lowest BCUT2D eigenvalue weighted by atomic mass is 9.93. The Bertz CT molecular complexity index is 261. The second kappa shape index (κ2) is 3.59. The number of rotatable bonds is 2. The van der Waals surface area contributed by atoms with E-state index in [1.165, 1.54) is 0 Å². The predicted octanol–water partition coefficient (Wildman–Crippen LogP) is 1.59. The maximum atomic E-state index is 12.5. The van der Waals surface area contributed by atoms with Gasteiger partial charge in [0, 0.05) is 24.2 Å². The van der Waals surface area contributed by atoms with Gasteiger partial charge in [-0.15, -0.1) is 0 Å². The van der Waals surface area contributed by atoms with E-state index in [4.69, 9.17) is 0 Å². The summed E-state index contributed by atoms with van der Waals surface area (Å²) >= 11 is 0. The SMILES string of the molecule is CNCC12CCCN1CC(=C(F)F)C2. The lowest BCUT2D eigenvalue weighted by Crippen LogP contribution is -2.45. The maximum absolute atomic E-state index is 12.5. The Morgan fingerprint density at radius 1 is 1.57 bits per heavy atom. The number of likely N-dealkylation sites (N-methyl/N-ethyl adjacent to an activating group) is 1. The van der Waals surface area contributed by atoms with Gasteiger partial charge in [0.1, 0.15) is 0 Å². The Labute approximate surface area is 83.0 Å². The van der Waals surface area contributed by atoms with Crippen molar-refractivity contribution in [1.29, 1.82) is 0 Å². The van der Waals surface area contributed by atoms with Crippen LogP contribution in [0.25, 0.3) is 0 Å². The van der Waals surface area contributed by atoms with Crippen LogP contribution in [0.2, 0.25) is 0 Å². The van der Waals surface area contributed by atoms with E-state index in [-0.39, 0.29) is 5.54 Å². The van der Waals surface area contributed by atoms with Gasteiger partial charge in [-0.3, -0.25) is 4.90 Å². The summed E-state index contributed by atoms with van der Waals surface area (Å²) in [4.78, 5) is 2.21. The largest absolute Gasteiger partial charge is 0.318 e. The van der Waals surface area contributed by atoms with Crippen LogP contribution in [0, 0.1) is 0 Å². The van der Waals surface area contributed by atoms with Crippen molar-refractivity contribution in [2.45, 2.75) is 24.8 Å². The van der Waals surface area contributed by atoms with Crippen LogP contribution in [0.4, 0.5) is 8.78 Å². The third-order valence-corrected chi connectivity index (χ3v) is 3.44. The summed E-state index contributed by atoms with van der Waals surface area (Å²) in [6, 6.07) is 0. The number of nitrogens with zero attached hydrogens (tertiary/aromatic N) is 1. The molecule has 0 amide bonds. The van der Waals surface area contributed by atoms with E-state index in [1.54, 1.807) is 0 Å². The third-order valence-electron chi connectivity index (χ3n) is 3.44. The molecule has 2 nitrogen and oxygen atoms in total.